The zero-order valence-electron chi connectivity index (χ0n) is 23.3. The van der Waals surface area contributed by atoms with E-state index in [0.29, 0.717) is 17.5 Å². The molecule has 10 bridgehead atoms. The van der Waals surface area contributed by atoms with Crippen LogP contribution in [0.5, 0.6) is 0 Å². The second-order valence-corrected chi connectivity index (χ2v) is 10.6. The van der Waals surface area contributed by atoms with Gasteiger partial charge in [-0.3, -0.25) is 0 Å². The number of fused-ring (bicyclic) bond motifs is 14. The number of hydrogen-bond acceptors (Lipinski definition) is 4. The molecule has 0 unspecified atom stereocenters. The molecule has 0 atom stereocenters. The summed E-state index contributed by atoms with van der Waals surface area (Å²) in [7, 11) is 0. The Morgan fingerprint density at radius 2 is 0.628 bits per heavy atom. The third-order valence-corrected chi connectivity index (χ3v) is 7.80. The van der Waals surface area contributed by atoms with Gasteiger partial charge in [-0.25, -0.2) is 15.0 Å². The number of benzene rings is 6. The number of hydrogen-bond donors (Lipinski definition) is 0. The smallest absolute Gasteiger partial charge is 0.164 e. The van der Waals surface area contributed by atoms with E-state index in [1.54, 1.807) is 0 Å². The van der Waals surface area contributed by atoms with Gasteiger partial charge in [0, 0.05) is 33.8 Å². The monoisotopic (exact) mass is 550 g/mol. The molecule has 0 spiro atoms. The van der Waals surface area contributed by atoms with Crippen molar-refractivity contribution in [1.82, 2.24) is 15.0 Å². The fourth-order valence-electron chi connectivity index (χ4n) is 5.70. The second kappa shape index (κ2) is 10.5. The largest absolute Gasteiger partial charge is 0.310 e. The highest BCUT2D eigenvalue weighted by atomic mass is 15.1. The lowest BCUT2D eigenvalue weighted by atomic mass is 9.99. The van der Waals surface area contributed by atoms with Gasteiger partial charge in [0.2, 0.25) is 0 Å². The Kier molecular flexibility index (Phi) is 6.08. The minimum atomic E-state index is 0.646. The Morgan fingerprint density at radius 3 is 1.14 bits per heavy atom. The molecule has 0 aliphatic carbocycles. The topological polar surface area (TPSA) is 41.9 Å². The van der Waals surface area contributed by atoms with Crippen LogP contribution in [0.15, 0.2) is 158 Å². The lowest BCUT2D eigenvalue weighted by Gasteiger charge is -2.26. The number of rotatable bonds is 2. The van der Waals surface area contributed by atoms with Gasteiger partial charge in [0.1, 0.15) is 0 Å². The van der Waals surface area contributed by atoms with E-state index in [1.807, 2.05) is 30.3 Å². The molecule has 202 valence electrons. The third kappa shape index (κ3) is 4.75. The molecule has 1 aromatic heterocycles. The fraction of sp³-hybridized carbons (Fsp3) is 0. The van der Waals surface area contributed by atoms with Gasteiger partial charge < -0.3 is 4.90 Å². The van der Waals surface area contributed by atoms with Crippen molar-refractivity contribution in [1.29, 1.82) is 0 Å². The predicted molar refractivity (Wildman–Crippen MR) is 175 cm³/mol. The maximum Gasteiger partial charge on any atom is 0.164 e. The maximum atomic E-state index is 5.02. The summed E-state index contributed by atoms with van der Waals surface area (Å²) in [5, 5.41) is 0. The Labute approximate surface area is 250 Å². The van der Waals surface area contributed by atoms with Gasteiger partial charge in [0.25, 0.3) is 0 Å². The Bertz CT molecular complexity index is 1980. The summed E-state index contributed by atoms with van der Waals surface area (Å²) < 4.78 is 0. The third-order valence-electron chi connectivity index (χ3n) is 7.80. The summed E-state index contributed by atoms with van der Waals surface area (Å²) in [6.07, 6.45) is 0. The van der Waals surface area contributed by atoms with E-state index in [-0.39, 0.29) is 0 Å². The zero-order valence-corrected chi connectivity index (χ0v) is 23.3. The maximum absolute atomic E-state index is 5.02. The van der Waals surface area contributed by atoms with Crippen molar-refractivity contribution in [2.75, 3.05) is 4.90 Å². The van der Waals surface area contributed by atoms with Crippen molar-refractivity contribution < 1.29 is 0 Å². The highest BCUT2D eigenvalue weighted by molar-refractivity contribution is 5.83. The van der Waals surface area contributed by atoms with Crippen LogP contribution in [0.4, 0.5) is 17.1 Å². The van der Waals surface area contributed by atoms with Gasteiger partial charge in [0.15, 0.2) is 17.5 Å². The van der Waals surface area contributed by atoms with Gasteiger partial charge in [-0.1, -0.05) is 109 Å². The molecule has 7 aromatic rings. The van der Waals surface area contributed by atoms with Crippen molar-refractivity contribution in [2.24, 2.45) is 0 Å². The SMILES string of the molecule is c1ccc(-c2nc3nc(n2)-c2cccc(c2)-c2cccc(c2)N(c2ccccc2)c2cccc(c2)-c2cccc-3c2)cc1. The molecule has 0 saturated carbocycles. The fourth-order valence-corrected chi connectivity index (χ4v) is 5.70. The first-order valence-electron chi connectivity index (χ1n) is 14.4. The van der Waals surface area contributed by atoms with Crippen LogP contribution in [-0.4, -0.2) is 15.0 Å². The first kappa shape index (κ1) is 24.9. The summed E-state index contributed by atoms with van der Waals surface area (Å²) in [6, 6.07) is 54.9. The molecule has 4 nitrogen and oxygen atoms in total. The summed E-state index contributed by atoms with van der Waals surface area (Å²) >= 11 is 0. The molecule has 8 rings (SSSR count). The molecule has 1 aliphatic heterocycles. The minimum absolute atomic E-state index is 0.646. The molecule has 0 radical (unpaired) electrons. The quantitative estimate of drug-likeness (QED) is 0.215. The molecular weight excluding hydrogens is 524 g/mol. The molecule has 0 amide bonds. The Morgan fingerprint density at radius 1 is 0.279 bits per heavy atom. The normalized spacial score (nSPS) is 11.7. The molecule has 0 N–H and O–H groups in total. The highest BCUT2D eigenvalue weighted by Crippen LogP contribution is 2.39. The van der Waals surface area contributed by atoms with Crippen LogP contribution in [-0.2, 0) is 0 Å². The second-order valence-electron chi connectivity index (χ2n) is 10.6. The van der Waals surface area contributed by atoms with Crippen LogP contribution >= 0.6 is 0 Å². The van der Waals surface area contributed by atoms with Gasteiger partial charge in [-0.2, -0.15) is 0 Å². The highest BCUT2D eigenvalue weighted by Gasteiger charge is 2.17. The first-order chi connectivity index (χ1) is 21.3. The van der Waals surface area contributed by atoms with Crippen molar-refractivity contribution >= 4 is 17.1 Å². The van der Waals surface area contributed by atoms with Crippen LogP contribution in [0.25, 0.3) is 56.4 Å². The van der Waals surface area contributed by atoms with Crippen molar-refractivity contribution in [2.45, 2.75) is 0 Å². The predicted octanol–water partition coefficient (Wildman–Crippen LogP) is 9.99. The van der Waals surface area contributed by atoms with Crippen LogP contribution in [0.3, 0.4) is 0 Å². The molecule has 0 fully saturated rings. The van der Waals surface area contributed by atoms with E-state index in [0.717, 1.165) is 56.0 Å². The Hall–Kier alpha value is -5.87. The minimum Gasteiger partial charge on any atom is -0.310 e. The molecule has 0 saturated heterocycles. The van der Waals surface area contributed by atoms with Gasteiger partial charge in [-0.15, -0.1) is 0 Å². The van der Waals surface area contributed by atoms with E-state index in [9.17, 15) is 0 Å². The lowest BCUT2D eigenvalue weighted by molar-refractivity contribution is 1.07. The van der Waals surface area contributed by atoms with E-state index < -0.39 is 0 Å². The zero-order chi connectivity index (χ0) is 28.6. The number of nitrogens with zero attached hydrogens (tertiary/aromatic N) is 4. The van der Waals surface area contributed by atoms with Crippen LogP contribution in [0.2, 0.25) is 0 Å². The summed E-state index contributed by atoms with van der Waals surface area (Å²) in [5.41, 5.74) is 10.5. The molecule has 4 heteroatoms. The molecular formula is C39H26N4. The van der Waals surface area contributed by atoms with Gasteiger partial charge in [-0.05, 0) is 70.8 Å². The number of para-hydroxylation sites is 1. The van der Waals surface area contributed by atoms with E-state index >= 15 is 0 Å². The average molecular weight is 551 g/mol. The van der Waals surface area contributed by atoms with Gasteiger partial charge >= 0.3 is 0 Å². The van der Waals surface area contributed by atoms with E-state index in [1.165, 1.54) is 0 Å². The average Bonchev–Trinajstić information content (AvgIpc) is 3.09. The lowest BCUT2D eigenvalue weighted by Crippen LogP contribution is -2.10. The molecule has 2 heterocycles. The summed E-state index contributed by atoms with van der Waals surface area (Å²) in [5.74, 6) is 1.94. The van der Waals surface area contributed by atoms with E-state index in [4.69, 9.17) is 15.0 Å². The summed E-state index contributed by atoms with van der Waals surface area (Å²) in [4.78, 5) is 17.3. The van der Waals surface area contributed by atoms with Crippen LogP contribution in [0.1, 0.15) is 0 Å². The van der Waals surface area contributed by atoms with E-state index in [2.05, 4.69) is 132 Å². The van der Waals surface area contributed by atoms with Crippen molar-refractivity contribution in [3.8, 4) is 56.4 Å². The van der Waals surface area contributed by atoms with Crippen LogP contribution in [0, 0.1) is 0 Å². The number of anilines is 3. The van der Waals surface area contributed by atoms with Crippen molar-refractivity contribution in [3.63, 3.8) is 0 Å². The molecule has 43 heavy (non-hydrogen) atoms. The van der Waals surface area contributed by atoms with Crippen LogP contribution < -0.4 is 4.90 Å². The molecule has 6 aromatic carbocycles. The molecule has 1 aliphatic rings. The standard InChI is InChI=1S/C39H26N4/c1-3-11-27(12-4-1)37-40-38-32-17-7-13-28(23-32)30-15-9-21-35(25-30)43(34-19-5-2-6-20-34)36-22-10-16-31(26-36)29-14-8-18-33(24-29)39(41-37)42-38/h1-26H. The first-order valence-corrected chi connectivity index (χ1v) is 14.4. The van der Waals surface area contributed by atoms with Gasteiger partial charge in [0.05, 0.1) is 0 Å². The Balaban J connectivity index is 1.42. The number of aromatic nitrogens is 3. The van der Waals surface area contributed by atoms with Crippen molar-refractivity contribution in [3.05, 3.63) is 158 Å². The summed E-state index contributed by atoms with van der Waals surface area (Å²) in [6.45, 7) is 0.